The van der Waals surface area contributed by atoms with E-state index < -0.39 is 5.60 Å². The van der Waals surface area contributed by atoms with Crippen LogP contribution in [-0.2, 0) is 12.6 Å². The number of nitrogens with one attached hydrogen (secondary N) is 2. The number of aliphatic imine (C=N–C) groups is 1. The molecule has 3 N–H and O–H groups in total. The fourth-order valence-corrected chi connectivity index (χ4v) is 3.50. The summed E-state index contributed by atoms with van der Waals surface area (Å²) in [5.74, 6) is 0.695. The molecule has 2 aromatic rings. The van der Waals surface area contributed by atoms with Gasteiger partial charge >= 0.3 is 0 Å². The van der Waals surface area contributed by atoms with Gasteiger partial charge in [0.25, 0.3) is 0 Å². The lowest BCUT2D eigenvalue weighted by atomic mass is 10.0. The van der Waals surface area contributed by atoms with Crippen molar-refractivity contribution in [2.24, 2.45) is 12.0 Å². The maximum Gasteiger partial charge on any atom is 0.191 e. The van der Waals surface area contributed by atoms with Gasteiger partial charge in [0.1, 0.15) is 5.60 Å². The van der Waals surface area contributed by atoms with Crippen molar-refractivity contribution in [3.8, 4) is 0 Å². The van der Waals surface area contributed by atoms with E-state index in [0.717, 1.165) is 18.7 Å². The van der Waals surface area contributed by atoms with Gasteiger partial charge in [0.05, 0.1) is 18.8 Å². The summed E-state index contributed by atoms with van der Waals surface area (Å²) in [4.78, 5) is 8.07. The molecule has 0 saturated heterocycles. The zero-order chi connectivity index (χ0) is 19.2. The lowest BCUT2D eigenvalue weighted by Crippen LogP contribution is -2.42. The van der Waals surface area contributed by atoms with E-state index in [-0.39, 0.29) is 12.6 Å². The number of likely N-dealkylation sites (N-methyl/N-ethyl adjacent to an activating group) is 1. The monoisotopic (exact) mass is 378 g/mol. The Bertz CT molecular complexity index is 692. The van der Waals surface area contributed by atoms with Crippen molar-refractivity contribution in [2.75, 3.05) is 33.7 Å². The van der Waals surface area contributed by atoms with Crippen molar-refractivity contribution in [1.82, 2.24) is 25.3 Å². The standard InChI is InChI=1S/C18H30N6OS/c1-6-19-17(20-11-15(23(3)4)16-8-7-9-26-16)21-13-18(2,25)14-10-22-24(5)12-14/h7-10,12,15,25H,6,11,13H2,1-5H3,(H2,19,20,21). The zero-order valence-electron chi connectivity index (χ0n) is 16.2. The topological polar surface area (TPSA) is 77.7 Å². The summed E-state index contributed by atoms with van der Waals surface area (Å²) in [6, 6.07) is 4.48. The molecular formula is C18H30N6OS. The molecule has 0 aromatic carbocycles. The number of aryl methyl sites for hydroxylation is 1. The van der Waals surface area contributed by atoms with E-state index in [9.17, 15) is 5.11 Å². The summed E-state index contributed by atoms with van der Waals surface area (Å²) < 4.78 is 1.68. The minimum Gasteiger partial charge on any atom is -0.383 e. The van der Waals surface area contributed by atoms with Gasteiger partial charge in [-0.2, -0.15) is 5.10 Å². The van der Waals surface area contributed by atoms with E-state index >= 15 is 0 Å². The Labute approximate surface area is 159 Å². The summed E-state index contributed by atoms with van der Waals surface area (Å²) in [5, 5.41) is 23.6. The zero-order valence-corrected chi connectivity index (χ0v) is 17.0. The van der Waals surface area contributed by atoms with Crippen molar-refractivity contribution in [3.63, 3.8) is 0 Å². The predicted molar refractivity (Wildman–Crippen MR) is 108 cm³/mol. The van der Waals surface area contributed by atoms with E-state index in [4.69, 9.17) is 0 Å². The second kappa shape index (κ2) is 9.16. The van der Waals surface area contributed by atoms with Crippen molar-refractivity contribution in [2.45, 2.75) is 25.5 Å². The fraction of sp³-hybridized carbons (Fsp3) is 0.556. The largest absolute Gasteiger partial charge is 0.383 e. The molecule has 2 aromatic heterocycles. The number of guanidine groups is 1. The molecule has 2 atom stereocenters. The molecule has 0 aliphatic carbocycles. The number of aromatic nitrogens is 2. The highest BCUT2D eigenvalue weighted by Crippen LogP contribution is 2.22. The summed E-state index contributed by atoms with van der Waals surface area (Å²) in [6.07, 6.45) is 3.49. The van der Waals surface area contributed by atoms with Crippen LogP contribution in [0.25, 0.3) is 0 Å². The van der Waals surface area contributed by atoms with Gasteiger partial charge in [-0.3, -0.25) is 4.68 Å². The van der Waals surface area contributed by atoms with Crippen molar-refractivity contribution < 1.29 is 5.11 Å². The van der Waals surface area contributed by atoms with Crippen LogP contribution >= 0.6 is 11.3 Å². The predicted octanol–water partition coefficient (Wildman–Crippen LogP) is 1.55. The number of hydrogen-bond acceptors (Lipinski definition) is 5. The smallest absolute Gasteiger partial charge is 0.191 e. The van der Waals surface area contributed by atoms with Gasteiger partial charge in [-0.05, 0) is 39.4 Å². The molecule has 0 aliphatic heterocycles. The van der Waals surface area contributed by atoms with E-state index in [1.807, 2.05) is 20.2 Å². The van der Waals surface area contributed by atoms with Crippen LogP contribution < -0.4 is 10.6 Å². The number of nitrogens with zero attached hydrogens (tertiary/aromatic N) is 4. The number of hydrogen-bond donors (Lipinski definition) is 3. The fourth-order valence-electron chi connectivity index (χ4n) is 2.58. The molecule has 0 radical (unpaired) electrons. The highest BCUT2D eigenvalue weighted by molar-refractivity contribution is 7.10. The summed E-state index contributed by atoms with van der Waals surface area (Å²) >= 11 is 1.75. The van der Waals surface area contributed by atoms with E-state index in [1.165, 1.54) is 4.88 Å². The highest BCUT2D eigenvalue weighted by Gasteiger charge is 2.25. The van der Waals surface area contributed by atoms with Gasteiger partial charge in [0.2, 0.25) is 0 Å². The third-order valence-corrected chi connectivity index (χ3v) is 5.15. The average Bonchev–Trinajstić information content (AvgIpc) is 3.24. The molecule has 8 heteroatoms. The number of rotatable bonds is 8. The first-order valence-corrected chi connectivity index (χ1v) is 9.65. The Hall–Kier alpha value is -1.90. The van der Waals surface area contributed by atoms with Gasteiger partial charge in [-0.25, -0.2) is 4.99 Å². The highest BCUT2D eigenvalue weighted by atomic mass is 32.1. The second-order valence-corrected chi connectivity index (χ2v) is 7.73. The van der Waals surface area contributed by atoms with Gasteiger partial charge in [-0.15, -0.1) is 11.3 Å². The molecule has 0 saturated carbocycles. The average molecular weight is 379 g/mol. The summed E-state index contributed by atoms with van der Waals surface area (Å²) in [5.41, 5.74) is -0.310. The van der Waals surface area contributed by atoms with E-state index in [0.29, 0.717) is 5.96 Å². The van der Waals surface area contributed by atoms with E-state index in [2.05, 4.69) is 57.2 Å². The van der Waals surface area contributed by atoms with Crippen LogP contribution in [0.2, 0.25) is 0 Å². The molecule has 2 heterocycles. The normalized spacial score (nSPS) is 15.7. The van der Waals surface area contributed by atoms with Crippen molar-refractivity contribution >= 4 is 17.3 Å². The van der Waals surface area contributed by atoms with Gasteiger partial charge < -0.3 is 20.6 Å². The Morgan fingerprint density at radius 2 is 2.23 bits per heavy atom. The first-order valence-electron chi connectivity index (χ1n) is 8.77. The minimum atomic E-state index is -1.06. The van der Waals surface area contributed by atoms with Gasteiger partial charge in [-0.1, -0.05) is 6.07 Å². The Morgan fingerprint density at radius 3 is 2.77 bits per heavy atom. The first-order chi connectivity index (χ1) is 12.3. The number of thiophene rings is 1. The minimum absolute atomic E-state index is 0.250. The quantitative estimate of drug-likeness (QED) is 0.480. The van der Waals surface area contributed by atoms with Crippen LogP contribution in [0, 0.1) is 0 Å². The third-order valence-electron chi connectivity index (χ3n) is 4.17. The Morgan fingerprint density at radius 1 is 1.46 bits per heavy atom. The Kier molecular flexibility index (Phi) is 7.19. The van der Waals surface area contributed by atoms with Crippen LogP contribution in [0.3, 0.4) is 0 Å². The summed E-state index contributed by atoms with van der Waals surface area (Å²) in [7, 11) is 5.98. The van der Waals surface area contributed by atoms with Crippen LogP contribution in [0.4, 0.5) is 0 Å². The first kappa shape index (κ1) is 20.4. The molecule has 2 rings (SSSR count). The molecule has 0 aliphatic rings. The van der Waals surface area contributed by atoms with Crippen LogP contribution in [0.15, 0.2) is 34.9 Å². The molecule has 144 valence electrons. The molecule has 0 bridgehead atoms. The van der Waals surface area contributed by atoms with Crippen molar-refractivity contribution in [3.05, 3.63) is 40.3 Å². The molecule has 7 nitrogen and oxygen atoms in total. The van der Waals surface area contributed by atoms with Crippen LogP contribution in [-0.4, -0.2) is 59.5 Å². The van der Waals surface area contributed by atoms with E-state index in [1.54, 1.807) is 29.1 Å². The number of aliphatic hydroxyl groups is 1. The molecular weight excluding hydrogens is 348 g/mol. The maximum atomic E-state index is 10.7. The second-order valence-electron chi connectivity index (χ2n) is 6.75. The third kappa shape index (κ3) is 5.55. The van der Waals surface area contributed by atoms with Crippen LogP contribution in [0.5, 0.6) is 0 Å². The maximum absolute atomic E-state index is 10.7. The molecule has 0 fully saturated rings. The molecule has 0 spiro atoms. The SMILES string of the molecule is CCNC(=NCC(C)(O)c1cnn(C)c1)NCC(c1cccs1)N(C)C. The lowest BCUT2D eigenvalue weighted by molar-refractivity contribution is 0.0671. The Balaban J connectivity index is 2.04. The molecule has 2 unspecified atom stereocenters. The van der Waals surface area contributed by atoms with Crippen molar-refractivity contribution in [1.29, 1.82) is 0 Å². The summed E-state index contributed by atoms with van der Waals surface area (Å²) in [6.45, 7) is 5.52. The van der Waals surface area contributed by atoms with Gasteiger partial charge in [0.15, 0.2) is 5.96 Å². The lowest BCUT2D eigenvalue weighted by Gasteiger charge is -2.25. The molecule has 0 amide bonds. The molecule has 26 heavy (non-hydrogen) atoms. The van der Waals surface area contributed by atoms with Gasteiger partial charge in [0, 0.05) is 36.8 Å². The van der Waals surface area contributed by atoms with Crippen LogP contribution in [0.1, 0.15) is 30.3 Å².